The number of terminal acetylenes is 1. The van der Waals surface area contributed by atoms with Gasteiger partial charge in [0.05, 0.1) is 0 Å². The van der Waals surface area contributed by atoms with Crippen molar-refractivity contribution in [2.45, 2.75) is 5.51 Å². The normalized spacial score (nSPS) is 13.1. The van der Waals surface area contributed by atoms with Crippen molar-refractivity contribution in [2.75, 3.05) is 0 Å². The molecule has 0 fully saturated rings. The number of hydrogen-bond donors (Lipinski definition) is 3. The average molecular weight is 178 g/mol. The van der Waals surface area contributed by atoms with Crippen molar-refractivity contribution in [3.8, 4) is 12.8 Å². The van der Waals surface area contributed by atoms with Crippen LogP contribution in [0.4, 0.5) is 13.2 Å². The summed E-state index contributed by atoms with van der Waals surface area (Å²) in [5.41, 5.74) is -5.40. The van der Waals surface area contributed by atoms with Gasteiger partial charge in [-0.2, -0.15) is 13.2 Å². The van der Waals surface area contributed by atoms with Crippen molar-refractivity contribution < 1.29 is 26.5 Å². The molecule has 0 spiro atoms. The number of halogens is 3. The molecule has 0 bridgehead atoms. The summed E-state index contributed by atoms with van der Waals surface area (Å²) in [5, 5.41) is 0. The third-order valence-corrected chi connectivity index (χ3v) is 0.991. The average Bonchev–Trinajstić information content (AvgIpc) is 1.66. The van der Waals surface area contributed by atoms with E-state index in [-0.39, 0.29) is 0 Å². The number of rotatable bonds is 0. The van der Waals surface area contributed by atoms with Crippen LogP contribution in [0.5, 0.6) is 0 Å². The maximum Gasteiger partial charge on any atom is 0.491 e. The highest BCUT2D eigenvalue weighted by Gasteiger charge is 2.42. The number of alkyl halides is 3. The second-order valence-corrected chi connectivity index (χ2v) is 2.61. The van der Waals surface area contributed by atoms with Crippen LogP contribution in [0.15, 0.2) is 0 Å². The van der Waals surface area contributed by atoms with Gasteiger partial charge in [-0.3, -0.25) is 0 Å². The summed E-state index contributed by atoms with van der Waals surface area (Å²) >= 11 is 0. The van der Waals surface area contributed by atoms with Gasteiger partial charge in [-0.05, 0) is 0 Å². The van der Waals surface area contributed by atoms with Gasteiger partial charge in [-0.1, -0.05) is 0 Å². The van der Waals surface area contributed by atoms with Crippen LogP contribution in [-0.4, -0.2) is 18.8 Å². The third-order valence-electron chi connectivity index (χ3n) is 0.330. The van der Waals surface area contributed by atoms with E-state index in [1.165, 1.54) is 0 Å². The van der Waals surface area contributed by atoms with Gasteiger partial charge in [-0.15, -0.1) is 12.8 Å². The van der Waals surface area contributed by atoms with Crippen molar-refractivity contribution in [3.63, 3.8) is 0 Å². The lowest BCUT2D eigenvalue weighted by Crippen LogP contribution is -2.29. The molecule has 0 aliphatic carbocycles. The Morgan fingerprint density at radius 1 is 1.20 bits per heavy atom. The molecule has 0 saturated heterocycles. The molecule has 0 atom stereocenters. The van der Waals surface area contributed by atoms with Crippen LogP contribution in [0.3, 0.4) is 0 Å². The maximum atomic E-state index is 10.8. The molecule has 2 N–H and O–H groups in total. The van der Waals surface area contributed by atoms with Crippen LogP contribution in [-0.2, 0) is 10.5 Å². The first kappa shape index (κ1) is 12.1. The summed E-state index contributed by atoms with van der Waals surface area (Å²) < 4.78 is 56.3. The molecule has 0 unspecified atom stereocenters. The third kappa shape index (κ3) is 4.31. The van der Waals surface area contributed by atoms with Crippen molar-refractivity contribution in [3.05, 3.63) is 0 Å². The second kappa shape index (κ2) is 3.55. The van der Waals surface area contributed by atoms with E-state index in [0.29, 0.717) is 0 Å². The van der Waals surface area contributed by atoms with E-state index in [0.717, 1.165) is 0 Å². The largest absolute Gasteiger partial charge is 0.491 e. The van der Waals surface area contributed by atoms with Crippen LogP contribution >= 0.6 is 0 Å². The van der Waals surface area contributed by atoms with Gasteiger partial charge in [0.1, 0.15) is 0 Å². The lowest BCUT2D eigenvalue weighted by Gasteiger charge is -2.12. The fourth-order valence-corrected chi connectivity index (χ4v) is 0. The van der Waals surface area contributed by atoms with E-state index in [9.17, 15) is 17.4 Å². The maximum absolute atomic E-state index is 10.8. The van der Waals surface area contributed by atoms with Crippen LogP contribution in [0, 0.1) is 12.8 Å². The Morgan fingerprint density at radius 2 is 1.30 bits per heavy atom. The first-order valence-corrected chi connectivity index (χ1v) is 3.32. The molecule has 0 radical (unpaired) electrons. The van der Waals surface area contributed by atoms with Crippen molar-refractivity contribution in [1.82, 2.24) is 0 Å². The summed E-state index contributed by atoms with van der Waals surface area (Å²) in [5.74, 6) is 0. The number of hydrogen-bond acceptors (Lipinski definition) is 1. The lowest BCUT2D eigenvalue weighted by molar-refractivity contribution is -0.0579. The molecule has 0 aliphatic heterocycles. The second-order valence-electron chi connectivity index (χ2n) is 1.01. The Morgan fingerprint density at radius 3 is 1.30 bits per heavy atom. The molecule has 3 nitrogen and oxygen atoms in total. The fourth-order valence-electron chi connectivity index (χ4n) is 0. The van der Waals surface area contributed by atoms with Crippen LogP contribution < -0.4 is 0 Å². The van der Waals surface area contributed by atoms with Crippen molar-refractivity contribution in [2.24, 2.45) is 0 Å². The number of thiol groups is 1. The summed E-state index contributed by atoms with van der Waals surface area (Å²) in [7, 11) is -5.85. The first-order chi connectivity index (χ1) is 4.25. The molecule has 0 aromatic rings. The predicted molar refractivity (Wildman–Crippen MR) is 30.7 cm³/mol. The van der Waals surface area contributed by atoms with Gasteiger partial charge >= 0.3 is 5.51 Å². The van der Waals surface area contributed by atoms with Crippen LogP contribution in [0.1, 0.15) is 0 Å². The first-order valence-electron chi connectivity index (χ1n) is 1.71. The molecule has 0 saturated carbocycles. The molecule has 62 valence electrons. The minimum atomic E-state index is -5.85. The monoisotopic (exact) mass is 178 g/mol. The van der Waals surface area contributed by atoms with E-state index in [4.69, 9.17) is 9.11 Å². The van der Waals surface area contributed by atoms with E-state index >= 15 is 0 Å². The van der Waals surface area contributed by atoms with Crippen LogP contribution in [0.25, 0.3) is 0 Å². The molecule has 0 aliphatic rings. The molecular weight excluding hydrogens is 173 g/mol. The van der Waals surface area contributed by atoms with E-state index in [1.807, 2.05) is 0 Å². The van der Waals surface area contributed by atoms with Crippen LogP contribution in [0.2, 0.25) is 0 Å². The molecule has 0 aromatic carbocycles. The van der Waals surface area contributed by atoms with Gasteiger partial charge in [0.15, 0.2) is 10.5 Å². The van der Waals surface area contributed by atoms with Gasteiger partial charge in [0.2, 0.25) is 0 Å². The molecule has 10 heavy (non-hydrogen) atoms. The highest BCUT2D eigenvalue weighted by Crippen LogP contribution is 2.24. The van der Waals surface area contributed by atoms with Gasteiger partial charge < -0.3 is 9.11 Å². The molecule has 0 amide bonds. The lowest BCUT2D eigenvalue weighted by atomic mass is 11.4. The summed E-state index contributed by atoms with van der Waals surface area (Å²) in [6, 6.07) is 0. The van der Waals surface area contributed by atoms with E-state index < -0.39 is 16.0 Å². The Hall–Kier alpha value is -0.580. The van der Waals surface area contributed by atoms with Gasteiger partial charge in [0.25, 0.3) is 0 Å². The summed E-state index contributed by atoms with van der Waals surface area (Å²) in [6.45, 7) is 0. The highest BCUT2D eigenvalue weighted by molar-refractivity contribution is 7.93. The van der Waals surface area contributed by atoms with Crippen molar-refractivity contribution >= 4 is 10.5 Å². The Kier molecular flexibility index (Phi) is 4.31. The van der Waals surface area contributed by atoms with Gasteiger partial charge in [-0.25, -0.2) is 4.21 Å². The van der Waals surface area contributed by atoms with Crippen molar-refractivity contribution in [1.29, 1.82) is 0 Å². The minimum Gasteiger partial charge on any atom is -0.303 e. The standard InChI is InChI=1S/C2H2.CH3F3O3S/c1-2;2-1(3,4)8(5,6)7/h1-2H;8H,(H2,5,6,7). The predicted octanol–water partition coefficient (Wildman–Crippen LogP) is 0.718. The Bertz CT molecular complexity index is 154. The van der Waals surface area contributed by atoms with E-state index in [2.05, 4.69) is 12.8 Å². The topological polar surface area (TPSA) is 57.5 Å². The molecule has 0 aromatic heterocycles. The quantitative estimate of drug-likeness (QED) is 0.378. The zero-order chi connectivity index (χ0) is 9.00. The fraction of sp³-hybridized carbons (Fsp3) is 0.333. The zero-order valence-electron chi connectivity index (χ0n) is 4.54. The zero-order valence-corrected chi connectivity index (χ0v) is 5.43. The molecule has 0 rings (SSSR count). The molecular formula is C3H5F3O3S. The van der Waals surface area contributed by atoms with Gasteiger partial charge in [0, 0.05) is 0 Å². The smallest absolute Gasteiger partial charge is 0.303 e. The SMILES string of the molecule is C#C.O=[SH](O)(O)C(F)(F)F. The van der Waals surface area contributed by atoms with E-state index in [1.54, 1.807) is 0 Å². The Balaban J connectivity index is 0. The molecule has 0 heterocycles. The highest BCUT2D eigenvalue weighted by atomic mass is 32.3. The minimum absolute atomic E-state index is 4.00. The Labute approximate surface area is 56.3 Å². The summed E-state index contributed by atoms with van der Waals surface area (Å²) in [4.78, 5) is 0. The molecule has 7 heteroatoms. The summed E-state index contributed by atoms with van der Waals surface area (Å²) in [6.07, 6.45) is 8.00.